The second-order valence-corrected chi connectivity index (χ2v) is 6.14. The van der Waals surface area contributed by atoms with Crippen molar-refractivity contribution in [1.82, 2.24) is 5.32 Å². The summed E-state index contributed by atoms with van der Waals surface area (Å²) in [5.41, 5.74) is 2.10. The topological polar surface area (TPSA) is 53.6 Å². The fourth-order valence-corrected chi connectivity index (χ4v) is 2.61. The van der Waals surface area contributed by atoms with Gasteiger partial charge in [-0.15, -0.1) is 0 Å². The Kier molecular flexibility index (Phi) is 7.03. The molecule has 0 spiro atoms. The number of para-hydroxylation sites is 1. The van der Waals surface area contributed by atoms with Gasteiger partial charge in [-0.25, -0.2) is 4.79 Å². The first-order valence-corrected chi connectivity index (χ1v) is 8.49. The van der Waals surface area contributed by atoms with E-state index in [2.05, 4.69) is 27.7 Å². The smallest absolute Gasteiger partial charge is 0.339 e. The van der Waals surface area contributed by atoms with Crippen molar-refractivity contribution in [3.63, 3.8) is 0 Å². The predicted molar refractivity (Wildman–Crippen MR) is 107 cm³/mol. The average molecular weight is 378 g/mol. The number of likely N-dealkylation sites (N-methyl/N-ethyl adjacent to an activating group) is 1. The van der Waals surface area contributed by atoms with Crippen molar-refractivity contribution in [3.05, 3.63) is 59.1 Å². The molecule has 25 heavy (non-hydrogen) atoms. The first kappa shape index (κ1) is 19.0. The zero-order chi connectivity index (χ0) is 18.2. The molecular formula is C18H20ClN3O2S. The summed E-state index contributed by atoms with van der Waals surface area (Å²) in [6.07, 6.45) is 0. The van der Waals surface area contributed by atoms with Crippen molar-refractivity contribution >= 4 is 46.3 Å². The molecule has 7 heteroatoms. The van der Waals surface area contributed by atoms with Crippen LogP contribution in [0.4, 0.5) is 11.4 Å². The van der Waals surface area contributed by atoms with E-state index in [9.17, 15) is 4.79 Å². The zero-order valence-corrected chi connectivity index (χ0v) is 15.7. The van der Waals surface area contributed by atoms with E-state index in [0.29, 0.717) is 27.9 Å². The maximum atomic E-state index is 11.7. The Balaban J connectivity index is 1.85. The number of carbonyl (C=O) groups is 1. The van der Waals surface area contributed by atoms with E-state index in [-0.39, 0.29) is 0 Å². The molecular weight excluding hydrogens is 358 g/mol. The quantitative estimate of drug-likeness (QED) is 0.593. The lowest BCUT2D eigenvalue weighted by molar-refractivity contribution is 0.0601. The molecule has 2 N–H and O–H groups in total. The molecule has 0 aliphatic rings. The lowest BCUT2D eigenvalue weighted by atomic mass is 10.2. The fraction of sp³-hybridized carbons (Fsp3) is 0.222. The molecule has 0 aliphatic heterocycles. The van der Waals surface area contributed by atoms with Crippen LogP contribution in [-0.2, 0) is 4.74 Å². The Morgan fingerprint density at radius 2 is 1.96 bits per heavy atom. The number of methoxy groups -OCH3 is 1. The summed E-state index contributed by atoms with van der Waals surface area (Å²) in [6, 6.07) is 15.1. The Labute approximate surface area is 157 Å². The zero-order valence-electron chi connectivity index (χ0n) is 14.1. The average Bonchev–Trinajstić information content (AvgIpc) is 2.63. The summed E-state index contributed by atoms with van der Waals surface area (Å²) in [7, 11) is 3.34. The van der Waals surface area contributed by atoms with Gasteiger partial charge in [0.1, 0.15) is 0 Å². The molecule has 2 aromatic carbocycles. The van der Waals surface area contributed by atoms with E-state index >= 15 is 0 Å². The maximum absolute atomic E-state index is 11.7. The number of hydrogen-bond acceptors (Lipinski definition) is 4. The minimum atomic E-state index is -0.489. The number of carbonyl (C=O) groups excluding carboxylic acids is 1. The van der Waals surface area contributed by atoms with Gasteiger partial charge in [-0.2, -0.15) is 0 Å². The number of hydrogen-bond donors (Lipinski definition) is 2. The van der Waals surface area contributed by atoms with Gasteiger partial charge < -0.3 is 20.3 Å². The number of nitrogens with one attached hydrogen (secondary N) is 2. The van der Waals surface area contributed by atoms with Gasteiger partial charge in [0.2, 0.25) is 0 Å². The van der Waals surface area contributed by atoms with E-state index in [1.807, 2.05) is 25.2 Å². The van der Waals surface area contributed by atoms with Crippen LogP contribution in [0.3, 0.4) is 0 Å². The molecule has 0 amide bonds. The Bertz CT molecular complexity index is 740. The van der Waals surface area contributed by atoms with Gasteiger partial charge in [0.05, 0.1) is 17.7 Å². The SMILES string of the molecule is COC(=O)c1cc(NC(=S)NCCN(C)c2ccccc2)ccc1Cl. The highest BCUT2D eigenvalue weighted by Gasteiger charge is 2.11. The third kappa shape index (κ3) is 5.62. The predicted octanol–water partition coefficient (Wildman–Crippen LogP) is 3.55. The van der Waals surface area contributed by atoms with Gasteiger partial charge in [-0.3, -0.25) is 0 Å². The van der Waals surface area contributed by atoms with E-state index < -0.39 is 5.97 Å². The van der Waals surface area contributed by atoms with Gasteiger partial charge in [-0.1, -0.05) is 29.8 Å². The molecule has 0 aromatic heterocycles. The molecule has 132 valence electrons. The van der Waals surface area contributed by atoms with Gasteiger partial charge in [-0.05, 0) is 42.5 Å². The van der Waals surface area contributed by atoms with Gasteiger partial charge >= 0.3 is 5.97 Å². The van der Waals surface area contributed by atoms with Crippen molar-refractivity contribution in [1.29, 1.82) is 0 Å². The number of anilines is 2. The summed E-state index contributed by atoms with van der Waals surface area (Å²) in [5, 5.41) is 6.98. The Morgan fingerprint density at radius 3 is 2.64 bits per heavy atom. The fourth-order valence-electron chi connectivity index (χ4n) is 2.19. The highest BCUT2D eigenvalue weighted by Crippen LogP contribution is 2.21. The van der Waals surface area contributed by atoms with Crippen LogP contribution in [0.5, 0.6) is 0 Å². The van der Waals surface area contributed by atoms with Crippen LogP contribution in [-0.4, -0.2) is 38.3 Å². The summed E-state index contributed by atoms with van der Waals surface area (Å²) >= 11 is 11.3. The number of nitrogens with zero attached hydrogens (tertiary/aromatic N) is 1. The minimum Gasteiger partial charge on any atom is -0.465 e. The number of esters is 1. The summed E-state index contributed by atoms with van der Waals surface area (Å²) in [4.78, 5) is 13.8. The van der Waals surface area contributed by atoms with Gasteiger partial charge in [0.15, 0.2) is 5.11 Å². The second kappa shape index (κ2) is 9.25. The van der Waals surface area contributed by atoms with Crippen molar-refractivity contribution in [2.75, 3.05) is 37.5 Å². The molecule has 2 aromatic rings. The lowest BCUT2D eigenvalue weighted by Gasteiger charge is -2.20. The molecule has 0 saturated heterocycles. The van der Waals surface area contributed by atoms with Crippen LogP contribution in [0.2, 0.25) is 5.02 Å². The molecule has 0 bridgehead atoms. The Hall–Kier alpha value is -2.31. The van der Waals surface area contributed by atoms with E-state index in [0.717, 1.165) is 12.2 Å². The first-order chi connectivity index (χ1) is 12.0. The highest BCUT2D eigenvalue weighted by molar-refractivity contribution is 7.80. The molecule has 0 aliphatic carbocycles. The Morgan fingerprint density at radius 1 is 1.24 bits per heavy atom. The van der Waals surface area contributed by atoms with Crippen LogP contribution >= 0.6 is 23.8 Å². The van der Waals surface area contributed by atoms with E-state index in [4.69, 9.17) is 28.6 Å². The number of thiocarbonyl (C=S) groups is 1. The summed E-state index contributed by atoms with van der Waals surface area (Å²) in [5.74, 6) is -0.489. The number of ether oxygens (including phenoxy) is 1. The third-order valence-electron chi connectivity index (χ3n) is 3.56. The van der Waals surface area contributed by atoms with E-state index in [1.165, 1.54) is 7.11 Å². The number of rotatable bonds is 6. The normalized spacial score (nSPS) is 10.0. The lowest BCUT2D eigenvalue weighted by Crippen LogP contribution is -2.35. The molecule has 0 atom stereocenters. The van der Waals surface area contributed by atoms with E-state index in [1.54, 1.807) is 18.2 Å². The van der Waals surface area contributed by atoms with Crippen LogP contribution in [0, 0.1) is 0 Å². The van der Waals surface area contributed by atoms with Crippen LogP contribution < -0.4 is 15.5 Å². The van der Waals surface area contributed by atoms with Crippen LogP contribution in [0.25, 0.3) is 0 Å². The highest BCUT2D eigenvalue weighted by atomic mass is 35.5. The van der Waals surface area contributed by atoms with Crippen molar-refractivity contribution in [3.8, 4) is 0 Å². The molecule has 5 nitrogen and oxygen atoms in total. The van der Waals surface area contributed by atoms with Crippen molar-refractivity contribution in [2.45, 2.75) is 0 Å². The third-order valence-corrected chi connectivity index (χ3v) is 4.14. The number of benzene rings is 2. The molecule has 2 rings (SSSR count). The molecule has 0 saturated carbocycles. The van der Waals surface area contributed by atoms with Crippen molar-refractivity contribution in [2.24, 2.45) is 0 Å². The van der Waals surface area contributed by atoms with Crippen LogP contribution in [0.15, 0.2) is 48.5 Å². The summed E-state index contributed by atoms with van der Waals surface area (Å²) < 4.78 is 4.71. The number of halogens is 1. The standard InChI is InChI=1S/C18H20ClN3O2S/c1-22(14-6-4-3-5-7-14)11-10-20-18(25)21-13-8-9-16(19)15(12-13)17(23)24-2/h3-9,12H,10-11H2,1-2H3,(H2,20,21,25). The monoisotopic (exact) mass is 377 g/mol. The maximum Gasteiger partial charge on any atom is 0.339 e. The second-order valence-electron chi connectivity index (χ2n) is 5.32. The summed E-state index contributed by atoms with van der Waals surface area (Å²) in [6.45, 7) is 1.47. The largest absolute Gasteiger partial charge is 0.465 e. The molecule has 0 radical (unpaired) electrons. The minimum absolute atomic E-state index is 0.292. The first-order valence-electron chi connectivity index (χ1n) is 7.70. The van der Waals surface area contributed by atoms with Crippen LogP contribution in [0.1, 0.15) is 10.4 Å². The van der Waals surface area contributed by atoms with Gasteiger partial charge in [0.25, 0.3) is 0 Å². The van der Waals surface area contributed by atoms with Gasteiger partial charge in [0, 0.05) is 31.5 Å². The van der Waals surface area contributed by atoms with Crippen molar-refractivity contribution < 1.29 is 9.53 Å². The molecule has 0 heterocycles. The molecule has 0 unspecified atom stereocenters. The molecule has 0 fully saturated rings.